The van der Waals surface area contributed by atoms with Crippen molar-refractivity contribution in [1.29, 1.82) is 0 Å². The summed E-state index contributed by atoms with van der Waals surface area (Å²) in [7, 11) is 1.63. The monoisotopic (exact) mass is 405 g/mol. The van der Waals surface area contributed by atoms with Gasteiger partial charge >= 0.3 is 6.09 Å². The zero-order valence-corrected chi connectivity index (χ0v) is 18.1. The summed E-state index contributed by atoms with van der Waals surface area (Å²) in [5.74, 6) is 0.807. The first-order valence-electron chi connectivity index (χ1n) is 9.83. The van der Waals surface area contributed by atoms with Crippen molar-refractivity contribution in [2.45, 2.75) is 58.0 Å². The minimum Gasteiger partial charge on any atom is -0.497 e. The number of nitrogens with zero attached hydrogens (tertiary/aromatic N) is 1. The van der Waals surface area contributed by atoms with Crippen LogP contribution in [-0.4, -0.2) is 54.1 Å². The topological polar surface area (TPSA) is 68.2 Å². The number of hydrogen-bond donors (Lipinski definition) is 1. The number of methoxy groups -OCH3 is 1. The van der Waals surface area contributed by atoms with Gasteiger partial charge in [0, 0.05) is 13.2 Å². The van der Waals surface area contributed by atoms with E-state index >= 15 is 0 Å². The van der Waals surface area contributed by atoms with Gasteiger partial charge in [-0.1, -0.05) is 24.3 Å². The first-order valence-corrected chi connectivity index (χ1v) is 9.83. The smallest absolute Gasteiger partial charge is 0.411 e. The molecule has 0 aliphatic rings. The first kappa shape index (κ1) is 24.7. The second-order valence-corrected chi connectivity index (χ2v) is 7.76. The molecule has 0 aromatic heterocycles. The standard InChI is InChI=1S/C23H35NO5/c1-7-15-24(22(26)29-23(3,4)5)20(8-2)21(25)10-9-16-28-17-18-11-13-19(27-6)14-12-18/h7-8,11-14,20-21,25H,1-2,9-10,15-17H2,3-6H3/t20-,21+/m0/s1. The predicted molar refractivity (Wildman–Crippen MR) is 115 cm³/mol. The molecule has 1 aromatic carbocycles. The molecule has 0 saturated heterocycles. The fourth-order valence-electron chi connectivity index (χ4n) is 2.75. The Bertz CT molecular complexity index is 636. The second kappa shape index (κ2) is 12.3. The number of aliphatic hydroxyl groups excluding tert-OH is 1. The Morgan fingerprint density at radius 3 is 2.41 bits per heavy atom. The molecule has 1 aromatic rings. The highest BCUT2D eigenvalue weighted by atomic mass is 16.6. The van der Waals surface area contributed by atoms with Gasteiger partial charge in [0.15, 0.2) is 0 Å². The highest BCUT2D eigenvalue weighted by Crippen LogP contribution is 2.17. The average molecular weight is 406 g/mol. The molecule has 0 fully saturated rings. The molecule has 0 saturated carbocycles. The molecule has 1 amide bonds. The van der Waals surface area contributed by atoms with Crippen LogP contribution in [0.5, 0.6) is 5.75 Å². The Balaban J connectivity index is 2.50. The highest BCUT2D eigenvalue weighted by molar-refractivity contribution is 5.69. The molecule has 0 unspecified atom stereocenters. The van der Waals surface area contributed by atoms with Gasteiger partial charge in [0.05, 0.1) is 25.9 Å². The fraction of sp³-hybridized carbons (Fsp3) is 0.522. The molecule has 6 nitrogen and oxygen atoms in total. The van der Waals surface area contributed by atoms with Crippen LogP contribution in [0.15, 0.2) is 49.6 Å². The largest absolute Gasteiger partial charge is 0.497 e. The van der Waals surface area contributed by atoms with Gasteiger partial charge in [0.25, 0.3) is 0 Å². The molecule has 6 heteroatoms. The zero-order valence-electron chi connectivity index (χ0n) is 18.1. The summed E-state index contributed by atoms with van der Waals surface area (Å²) in [4.78, 5) is 13.9. The minimum absolute atomic E-state index is 0.261. The lowest BCUT2D eigenvalue weighted by molar-refractivity contribution is 0.00322. The Labute approximate surface area is 174 Å². The molecule has 162 valence electrons. The van der Waals surface area contributed by atoms with E-state index in [0.29, 0.717) is 26.1 Å². The lowest BCUT2D eigenvalue weighted by Gasteiger charge is -2.33. The van der Waals surface area contributed by atoms with E-state index in [1.807, 2.05) is 24.3 Å². The van der Waals surface area contributed by atoms with E-state index in [-0.39, 0.29) is 6.54 Å². The summed E-state index contributed by atoms with van der Waals surface area (Å²) in [5.41, 5.74) is 0.431. The van der Waals surface area contributed by atoms with E-state index in [1.165, 1.54) is 4.90 Å². The molecule has 0 heterocycles. The zero-order chi connectivity index (χ0) is 21.9. The number of aliphatic hydroxyl groups is 1. The van der Waals surface area contributed by atoms with Crippen LogP contribution < -0.4 is 4.74 Å². The molecule has 1 rings (SSSR count). The Kier molecular flexibility index (Phi) is 10.5. The first-order chi connectivity index (χ1) is 13.7. The van der Waals surface area contributed by atoms with Crippen molar-refractivity contribution < 1.29 is 24.1 Å². The lowest BCUT2D eigenvalue weighted by Crippen LogP contribution is -2.48. The van der Waals surface area contributed by atoms with Crippen LogP contribution in [-0.2, 0) is 16.1 Å². The maximum atomic E-state index is 12.5. The van der Waals surface area contributed by atoms with Crippen LogP contribution >= 0.6 is 0 Å². The predicted octanol–water partition coefficient (Wildman–Crippen LogP) is 4.33. The SMILES string of the molecule is C=CCN(C(=O)OC(C)(C)C)[C@@H](C=C)[C@H](O)CCCOCc1ccc(OC)cc1. The highest BCUT2D eigenvalue weighted by Gasteiger charge is 2.30. The third-order valence-corrected chi connectivity index (χ3v) is 4.17. The lowest BCUT2D eigenvalue weighted by atomic mass is 10.0. The van der Waals surface area contributed by atoms with Gasteiger partial charge in [0.1, 0.15) is 11.4 Å². The number of ether oxygens (including phenoxy) is 3. The molecular formula is C23H35NO5. The minimum atomic E-state index is -0.774. The van der Waals surface area contributed by atoms with Gasteiger partial charge in [-0.05, 0) is 51.3 Å². The van der Waals surface area contributed by atoms with Crippen molar-refractivity contribution in [1.82, 2.24) is 4.90 Å². The van der Waals surface area contributed by atoms with Crippen molar-refractivity contribution in [3.63, 3.8) is 0 Å². The fourth-order valence-corrected chi connectivity index (χ4v) is 2.75. The summed E-state index contributed by atoms with van der Waals surface area (Å²) < 4.78 is 16.3. The van der Waals surface area contributed by atoms with E-state index < -0.39 is 23.8 Å². The van der Waals surface area contributed by atoms with Gasteiger partial charge in [-0.2, -0.15) is 0 Å². The van der Waals surface area contributed by atoms with E-state index in [0.717, 1.165) is 11.3 Å². The van der Waals surface area contributed by atoms with Crippen molar-refractivity contribution in [3.8, 4) is 5.75 Å². The van der Waals surface area contributed by atoms with Gasteiger partial charge < -0.3 is 19.3 Å². The van der Waals surface area contributed by atoms with Crippen LogP contribution in [0.1, 0.15) is 39.2 Å². The molecule has 2 atom stereocenters. The van der Waals surface area contributed by atoms with Gasteiger partial charge in [-0.15, -0.1) is 13.2 Å². The summed E-state index contributed by atoms with van der Waals surface area (Å²) in [6.45, 7) is 14.1. The molecule has 0 radical (unpaired) electrons. The molecular weight excluding hydrogens is 370 g/mol. The molecule has 0 spiro atoms. The molecule has 29 heavy (non-hydrogen) atoms. The van der Waals surface area contributed by atoms with Crippen molar-refractivity contribution in [3.05, 3.63) is 55.1 Å². The average Bonchev–Trinajstić information content (AvgIpc) is 2.66. The van der Waals surface area contributed by atoms with Crippen LogP contribution in [0.4, 0.5) is 4.79 Å². The summed E-state index contributed by atoms with van der Waals surface area (Å²) in [5, 5.41) is 10.6. The summed E-state index contributed by atoms with van der Waals surface area (Å²) in [6, 6.07) is 7.12. The Hall–Kier alpha value is -2.31. The number of hydrogen-bond acceptors (Lipinski definition) is 5. The summed E-state index contributed by atoms with van der Waals surface area (Å²) >= 11 is 0. The molecule has 1 N–H and O–H groups in total. The third-order valence-electron chi connectivity index (χ3n) is 4.17. The van der Waals surface area contributed by atoms with E-state index in [2.05, 4.69) is 13.2 Å². The van der Waals surface area contributed by atoms with Gasteiger partial charge in [-0.3, -0.25) is 4.90 Å². The molecule has 0 bridgehead atoms. The number of rotatable bonds is 12. The van der Waals surface area contributed by atoms with Crippen LogP contribution in [0, 0.1) is 0 Å². The van der Waals surface area contributed by atoms with E-state index in [4.69, 9.17) is 14.2 Å². The summed E-state index contributed by atoms with van der Waals surface area (Å²) in [6.07, 6.45) is 3.01. The number of carbonyl (C=O) groups is 1. The normalized spacial score (nSPS) is 13.3. The molecule has 0 aliphatic heterocycles. The van der Waals surface area contributed by atoms with Crippen LogP contribution in [0.3, 0.4) is 0 Å². The maximum Gasteiger partial charge on any atom is 0.411 e. The number of amides is 1. The van der Waals surface area contributed by atoms with Crippen LogP contribution in [0.2, 0.25) is 0 Å². The van der Waals surface area contributed by atoms with E-state index in [1.54, 1.807) is 40.0 Å². The Morgan fingerprint density at radius 1 is 1.24 bits per heavy atom. The maximum absolute atomic E-state index is 12.5. The van der Waals surface area contributed by atoms with E-state index in [9.17, 15) is 9.90 Å². The van der Waals surface area contributed by atoms with Crippen molar-refractivity contribution >= 4 is 6.09 Å². The van der Waals surface area contributed by atoms with Crippen LogP contribution in [0.25, 0.3) is 0 Å². The number of benzene rings is 1. The van der Waals surface area contributed by atoms with Crippen molar-refractivity contribution in [2.24, 2.45) is 0 Å². The molecule has 0 aliphatic carbocycles. The number of carbonyl (C=O) groups excluding carboxylic acids is 1. The van der Waals surface area contributed by atoms with Crippen molar-refractivity contribution in [2.75, 3.05) is 20.3 Å². The Morgan fingerprint density at radius 2 is 1.90 bits per heavy atom. The quantitative estimate of drug-likeness (QED) is 0.414. The third kappa shape index (κ3) is 9.15. The van der Waals surface area contributed by atoms with Gasteiger partial charge in [-0.25, -0.2) is 4.79 Å². The second-order valence-electron chi connectivity index (χ2n) is 7.76. The van der Waals surface area contributed by atoms with Gasteiger partial charge in [0.2, 0.25) is 0 Å².